The molecule has 2 rings (SSSR count). The summed E-state index contributed by atoms with van der Waals surface area (Å²) >= 11 is 3.43. The monoisotopic (exact) mass is 296 g/mol. The summed E-state index contributed by atoms with van der Waals surface area (Å²) in [5.41, 5.74) is 1.79. The van der Waals surface area contributed by atoms with Crippen molar-refractivity contribution >= 4 is 33.4 Å². The topological polar surface area (TPSA) is 58.2 Å². The smallest absolute Gasteiger partial charge is 0.246 e. The van der Waals surface area contributed by atoms with Gasteiger partial charge in [-0.3, -0.25) is 9.59 Å². The molecule has 4 nitrogen and oxygen atoms in total. The molecular weight excluding hydrogens is 284 g/mol. The van der Waals surface area contributed by atoms with Crippen LogP contribution in [0.1, 0.15) is 18.4 Å². The fourth-order valence-corrected chi connectivity index (χ4v) is 2.14. The fourth-order valence-electron chi connectivity index (χ4n) is 1.77. The maximum Gasteiger partial charge on any atom is 0.246 e. The van der Waals surface area contributed by atoms with Crippen LogP contribution in [0.5, 0.6) is 0 Å². The van der Waals surface area contributed by atoms with Crippen LogP contribution in [-0.4, -0.2) is 17.9 Å². The largest absolute Gasteiger partial charge is 0.344 e. The lowest BCUT2D eigenvalue weighted by Crippen LogP contribution is -2.37. The van der Waals surface area contributed by atoms with E-state index in [0.29, 0.717) is 12.8 Å². The van der Waals surface area contributed by atoms with Crippen LogP contribution < -0.4 is 10.6 Å². The predicted molar refractivity (Wildman–Crippen MR) is 68.7 cm³/mol. The second kappa shape index (κ2) is 4.87. The van der Waals surface area contributed by atoms with Gasteiger partial charge in [0.05, 0.1) is 5.69 Å². The molecule has 0 spiro atoms. The van der Waals surface area contributed by atoms with Gasteiger partial charge in [0.15, 0.2) is 0 Å². The van der Waals surface area contributed by atoms with E-state index in [0.717, 1.165) is 15.7 Å². The van der Waals surface area contributed by atoms with Crippen LogP contribution >= 0.6 is 15.9 Å². The van der Waals surface area contributed by atoms with Crippen molar-refractivity contribution in [3.8, 4) is 0 Å². The molecule has 1 fully saturated rings. The first-order chi connectivity index (χ1) is 8.08. The first-order valence-electron chi connectivity index (χ1n) is 5.43. The third kappa shape index (κ3) is 2.66. The van der Waals surface area contributed by atoms with Gasteiger partial charge in [0.25, 0.3) is 0 Å². The lowest BCUT2D eigenvalue weighted by atomic mass is 10.2. The van der Waals surface area contributed by atoms with Gasteiger partial charge in [0.2, 0.25) is 11.8 Å². The molecule has 1 saturated heterocycles. The number of carbonyl (C=O) groups excluding carboxylic acids is 2. The Kier molecular flexibility index (Phi) is 3.47. The molecule has 1 aliphatic rings. The van der Waals surface area contributed by atoms with Gasteiger partial charge in [-0.05, 0) is 40.9 Å². The van der Waals surface area contributed by atoms with Crippen LogP contribution in [0.4, 0.5) is 5.69 Å². The molecule has 1 aromatic carbocycles. The van der Waals surface area contributed by atoms with Gasteiger partial charge >= 0.3 is 0 Å². The first-order valence-corrected chi connectivity index (χ1v) is 6.22. The highest BCUT2D eigenvalue weighted by atomic mass is 79.9. The minimum atomic E-state index is -0.407. The summed E-state index contributed by atoms with van der Waals surface area (Å²) in [6, 6.07) is 5.25. The molecule has 90 valence electrons. The summed E-state index contributed by atoms with van der Waals surface area (Å²) in [7, 11) is 0. The van der Waals surface area contributed by atoms with Crippen molar-refractivity contribution in [1.82, 2.24) is 5.32 Å². The highest BCUT2D eigenvalue weighted by molar-refractivity contribution is 9.10. The molecule has 17 heavy (non-hydrogen) atoms. The number of halogens is 1. The Balaban J connectivity index is 2.08. The Morgan fingerprint density at radius 2 is 2.29 bits per heavy atom. The molecule has 0 radical (unpaired) electrons. The minimum Gasteiger partial charge on any atom is -0.344 e. The Labute approximate surface area is 108 Å². The quantitative estimate of drug-likeness (QED) is 0.877. The molecule has 2 N–H and O–H groups in total. The van der Waals surface area contributed by atoms with E-state index in [9.17, 15) is 9.59 Å². The molecule has 0 bridgehead atoms. The van der Waals surface area contributed by atoms with Crippen molar-refractivity contribution < 1.29 is 9.59 Å². The fraction of sp³-hybridized carbons (Fsp3) is 0.333. The SMILES string of the molecule is Cc1cccc(NC(=O)[C@@H]2CCC(=O)N2)c1Br. The maximum atomic E-state index is 11.9. The van der Waals surface area contributed by atoms with Crippen molar-refractivity contribution in [3.05, 3.63) is 28.2 Å². The Morgan fingerprint density at radius 1 is 1.53 bits per heavy atom. The molecule has 2 amide bonds. The maximum absolute atomic E-state index is 11.9. The van der Waals surface area contributed by atoms with E-state index in [4.69, 9.17) is 0 Å². The lowest BCUT2D eigenvalue weighted by Gasteiger charge is -2.13. The van der Waals surface area contributed by atoms with Gasteiger partial charge in [-0.1, -0.05) is 12.1 Å². The summed E-state index contributed by atoms with van der Waals surface area (Å²) in [6.45, 7) is 1.96. The number of amides is 2. The van der Waals surface area contributed by atoms with Gasteiger partial charge in [-0.2, -0.15) is 0 Å². The van der Waals surface area contributed by atoms with Crippen molar-refractivity contribution in [2.24, 2.45) is 0 Å². The molecule has 0 aliphatic carbocycles. The van der Waals surface area contributed by atoms with Crippen LogP contribution in [-0.2, 0) is 9.59 Å². The van der Waals surface area contributed by atoms with E-state index in [1.54, 1.807) is 0 Å². The first kappa shape index (κ1) is 12.1. The van der Waals surface area contributed by atoms with Crippen LogP contribution in [0, 0.1) is 6.92 Å². The number of rotatable bonds is 2. The molecule has 1 heterocycles. The molecule has 5 heteroatoms. The highest BCUT2D eigenvalue weighted by Gasteiger charge is 2.27. The number of aryl methyl sites for hydroxylation is 1. The normalized spacial score (nSPS) is 18.9. The van der Waals surface area contributed by atoms with Crippen LogP contribution in [0.2, 0.25) is 0 Å². The number of anilines is 1. The molecule has 0 saturated carbocycles. The molecule has 1 aromatic rings. The summed E-state index contributed by atoms with van der Waals surface area (Å²) in [6.07, 6.45) is 0.987. The van der Waals surface area contributed by atoms with Crippen molar-refractivity contribution in [3.63, 3.8) is 0 Å². The van der Waals surface area contributed by atoms with E-state index < -0.39 is 6.04 Å². The molecular formula is C12H13BrN2O2. The summed E-state index contributed by atoms with van der Waals surface area (Å²) in [4.78, 5) is 22.9. The Hall–Kier alpha value is -1.36. The minimum absolute atomic E-state index is 0.0616. The summed E-state index contributed by atoms with van der Waals surface area (Å²) < 4.78 is 0.873. The number of hydrogen-bond donors (Lipinski definition) is 2. The van der Waals surface area contributed by atoms with E-state index in [2.05, 4.69) is 26.6 Å². The number of benzene rings is 1. The van der Waals surface area contributed by atoms with Crippen molar-refractivity contribution in [2.75, 3.05) is 5.32 Å². The molecule has 1 atom stereocenters. The third-order valence-electron chi connectivity index (χ3n) is 2.76. The van der Waals surface area contributed by atoms with E-state index in [-0.39, 0.29) is 11.8 Å². The zero-order valence-corrected chi connectivity index (χ0v) is 11.0. The number of nitrogens with one attached hydrogen (secondary N) is 2. The van der Waals surface area contributed by atoms with E-state index in [1.165, 1.54) is 0 Å². The van der Waals surface area contributed by atoms with Crippen LogP contribution in [0.15, 0.2) is 22.7 Å². The summed E-state index contributed by atoms with van der Waals surface area (Å²) in [5.74, 6) is -0.226. The molecule has 0 unspecified atom stereocenters. The molecule has 0 aromatic heterocycles. The second-order valence-corrected chi connectivity index (χ2v) is 4.88. The number of hydrogen-bond acceptors (Lipinski definition) is 2. The molecule has 1 aliphatic heterocycles. The predicted octanol–water partition coefficient (Wildman–Crippen LogP) is 1.97. The highest BCUT2D eigenvalue weighted by Crippen LogP contribution is 2.26. The van der Waals surface area contributed by atoms with Gasteiger partial charge in [-0.25, -0.2) is 0 Å². The van der Waals surface area contributed by atoms with Crippen LogP contribution in [0.3, 0.4) is 0 Å². The average molecular weight is 297 g/mol. The third-order valence-corrected chi connectivity index (χ3v) is 3.81. The second-order valence-electron chi connectivity index (χ2n) is 4.08. The van der Waals surface area contributed by atoms with E-state index in [1.807, 2.05) is 25.1 Å². The van der Waals surface area contributed by atoms with Crippen molar-refractivity contribution in [1.29, 1.82) is 0 Å². The number of carbonyl (C=O) groups is 2. The summed E-state index contributed by atoms with van der Waals surface area (Å²) in [5, 5.41) is 5.45. The lowest BCUT2D eigenvalue weighted by molar-refractivity contribution is -0.122. The average Bonchev–Trinajstić information content (AvgIpc) is 2.72. The zero-order valence-electron chi connectivity index (χ0n) is 9.42. The Bertz CT molecular complexity index is 474. The Morgan fingerprint density at radius 3 is 2.94 bits per heavy atom. The van der Waals surface area contributed by atoms with Gasteiger partial charge in [0, 0.05) is 10.9 Å². The van der Waals surface area contributed by atoms with Gasteiger partial charge in [0.1, 0.15) is 6.04 Å². The van der Waals surface area contributed by atoms with E-state index >= 15 is 0 Å². The van der Waals surface area contributed by atoms with Crippen LogP contribution in [0.25, 0.3) is 0 Å². The van der Waals surface area contributed by atoms with Crippen molar-refractivity contribution in [2.45, 2.75) is 25.8 Å². The zero-order chi connectivity index (χ0) is 12.4. The van der Waals surface area contributed by atoms with Gasteiger partial charge < -0.3 is 10.6 Å². The standard InChI is InChI=1S/C12H13BrN2O2/c1-7-3-2-4-8(11(7)13)15-12(17)9-5-6-10(16)14-9/h2-4,9H,5-6H2,1H3,(H,14,16)(H,15,17)/t9-/m0/s1. The van der Waals surface area contributed by atoms with Gasteiger partial charge in [-0.15, -0.1) is 0 Å².